The van der Waals surface area contributed by atoms with E-state index in [9.17, 15) is 0 Å². The molecule has 0 heteroatoms. The molecule has 0 radical (unpaired) electrons. The lowest BCUT2D eigenvalue weighted by Crippen LogP contribution is -2.09. The van der Waals surface area contributed by atoms with Gasteiger partial charge in [0.25, 0.3) is 0 Å². The van der Waals surface area contributed by atoms with E-state index in [1.165, 1.54) is 11.1 Å². The smallest absolute Gasteiger partial charge is 0.00338 e. The van der Waals surface area contributed by atoms with Crippen molar-refractivity contribution in [2.75, 3.05) is 0 Å². The van der Waals surface area contributed by atoms with Crippen molar-refractivity contribution in [2.24, 2.45) is 5.41 Å². The minimum atomic E-state index is 0.230. The van der Waals surface area contributed by atoms with Gasteiger partial charge in [0.1, 0.15) is 0 Å². The summed E-state index contributed by atoms with van der Waals surface area (Å²) in [5.41, 5.74) is 3.12. The van der Waals surface area contributed by atoms with Crippen LogP contribution in [0, 0.1) is 5.41 Å². The molecule has 0 atom stereocenters. The molecule has 11 heavy (non-hydrogen) atoms. The second-order valence-corrected chi connectivity index (χ2v) is 3.85. The van der Waals surface area contributed by atoms with Crippen molar-refractivity contribution >= 4 is 0 Å². The fourth-order valence-corrected chi connectivity index (χ4v) is 1.19. The van der Waals surface area contributed by atoms with Gasteiger partial charge in [-0.3, -0.25) is 0 Å². The predicted octanol–water partition coefficient (Wildman–Crippen LogP) is 3.95. The van der Waals surface area contributed by atoms with E-state index in [4.69, 9.17) is 0 Å². The molecule has 0 saturated carbocycles. The summed E-state index contributed by atoms with van der Waals surface area (Å²) in [5, 5.41) is 0. The Labute approximate surface area is 71.0 Å². The van der Waals surface area contributed by atoms with Gasteiger partial charge in [-0.25, -0.2) is 0 Å². The zero-order chi connectivity index (χ0) is 9.07. The van der Waals surface area contributed by atoms with E-state index in [-0.39, 0.29) is 5.41 Å². The van der Waals surface area contributed by atoms with Crippen molar-refractivity contribution in [3.05, 3.63) is 23.3 Å². The lowest BCUT2D eigenvalue weighted by molar-refractivity contribution is 0.572. The van der Waals surface area contributed by atoms with Crippen molar-refractivity contribution in [3.63, 3.8) is 0 Å². The molecule has 0 heterocycles. The lowest BCUT2D eigenvalue weighted by Gasteiger charge is -2.23. The molecule has 0 N–H and O–H groups in total. The number of hydrogen-bond donors (Lipinski definition) is 0. The summed E-state index contributed by atoms with van der Waals surface area (Å²) in [6, 6.07) is 0. The third-order valence-corrected chi connectivity index (χ3v) is 2.30. The maximum absolute atomic E-state index is 2.25. The van der Waals surface area contributed by atoms with Crippen LogP contribution in [-0.2, 0) is 0 Å². The van der Waals surface area contributed by atoms with Crippen LogP contribution in [0.3, 0.4) is 0 Å². The highest BCUT2D eigenvalue weighted by atomic mass is 14.2. The summed E-state index contributed by atoms with van der Waals surface area (Å²) in [5.74, 6) is 0. The Hall–Kier alpha value is -0.520. The molecule has 0 saturated heterocycles. The maximum Gasteiger partial charge on any atom is 0.00338 e. The van der Waals surface area contributed by atoms with E-state index >= 15 is 0 Å². The average molecular weight is 152 g/mol. The van der Waals surface area contributed by atoms with Crippen LogP contribution in [0.2, 0.25) is 0 Å². The molecule has 0 aliphatic rings. The average Bonchev–Trinajstić information content (AvgIpc) is 1.86. The SMILES string of the molecule is CC=CC(C)(C)C(C)=C(C)C. The third-order valence-electron chi connectivity index (χ3n) is 2.30. The zero-order valence-electron chi connectivity index (χ0n) is 8.65. The summed E-state index contributed by atoms with van der Waals surface area (Å²) in [6.07, 6.45) is 4.36. The highest BCUT2D eigenvalue weighted by Crippen LogP contribution is 2.29. The van der Waals surface area contributed by atoms with E-state index < -0.39 is 0 Å². The monoisotopic (exact) mass is 152 g/mol. The van der Waals surface area contributed by atoms with Gasteiger partial charge in [0, 0.05) is 5.41 Å². The molecule has 0 bridgehead atoms. The Morgan fingerprint density at radius 1 is 1.09 bits per heavy atom. The van der Waals surface area contributed by atoms with Gasteiger partial charge < -0.3 is 0 Å². The van der Waals surface area contributed by atoms with Crippen molar-refractivity contribution < 1.29 is 0 Å². The third kappa shape index (κ3) is 2.92. The van der Waals surface area contributed by atoms with Crippen molar-refractivity contribution in [1.29, 1.82) is 0 Å². The van der Waals surface area contributed by atoms with Crippen LogP contribution in [0.15, 0.2) is 23.3 Å². The molecule has 0 fully saturated rings. The van der Waals surface area contributed by atoms with Crippen LogP contribution < -0.4 is 0 Å². The van der Waals surface area contributed by atoms with E-state index in [0.717, 1.165) is 0 Å². The van der Waals surface area contributed by atoms with Gasteiger partial charge in [0.05, 0.1) is 0 Å². The quantitative estimate of drug-likeness (QED) is 0.526. The fourth-order valence-electron chi connectivity index (χ4n) is 1.19. The van der Waals surface area contributed by atoms with Crippen LogP contribution in [-0.4, -0.2) is 0 Å². The largest absolute Gasteiger partial charge is 0.0908 e. The molecule has 0 unspecified atom stereocenters. The zero-order valence-corrected chi connectivity index (χ0v) is 8.65. The Morgan fingerprint density at radius 3 is 1.82 bits per heavy atom. The molecule has 64 valence electrons. The van der Waals surface area contributed by atoms with Crippen LogP contribution in [0.25, 0.3) is 0 Å². The van der Waals surface area contributed by atoms with Crippen molar-refractivity contribution in [3.8, 4) is 0 Å². The summed E-state index contributed by atoms with van der Waals surface area (Å²) in [7, 11) is 0. The number of allylic oxidation sites excluding steroid dienone is 4. The van der Waals surface area contributed by atoms with Crippen LogP contribution in [0.5, 0.6) is 0 Å². The van der Waals surface area contributed by atoms with E-state index in [2.05, 4.69) is 53.7 Å². The van der Waals surface area contributed by atoms with E-state index in [0.29, 0.717) is 0 Å². The molecule has 0 nitrogen and oxygen atoms in total. The molecule has 0 aliphatic carbocycles. The van der Waals surface area contributed by atoms with Crippen LogP contribution in [0.4, 0.5) is 0 Å². The van der Waals surface area contributed by atoms with Gasteiger partial charge in [-0.1, -0.05) is 37.1 Å². The minimum Gasteiger partial charge on any atom is -0.0908 e. The first kappa shape index (κ1) is 10.5. The Kier molecular flexibility index (Phi) is 3.57. The molecular formula is C11H20. The second-order valence-electron chi connectivity index (χ2n) is 3.85. The van der Waals surface area contributed by atoms with E-state index in [1.807, 2.05) is 0 Å². The topological polar surface area (TPSA) is 0 Å². The summed E-state index contributed by atoms with van der Waals surface area (Å²) in [6.45, 7) is 13.1. The summed E-state index contributed by atoms with van der Waals surface area (Å²) < 4.78 is 0. The normalized spacial score (nSPS) is 12.2. The molecule has 0 aromatic carbocycles. The Morgan fingerprint density at radius 2 is 1.55 bits per heavy atom. The first-order valence-electron chi connectivity index (χ1n) is 4.20. The van der Waals surface area contributed by atoms with Crippen LogP contribution in [0.1, 0.15) is 41.5 Å². The molecule has 0 aliphatic heterocycles. The highest BCUT2D eigenvalue weighted by Gasteiger charge is 2.15. The molecule has 0 aromatic rings. The van der Waals surface area contributed by atoms with Gasteiger partial charge in [-0.05, 0) is 27.7 Å². The standard InChI is InChI=1S/C11H20/c1-7-8-11(5,6)10(4)9(2)3/h7-8H,1-6H3. The Bertz CT molecular complexity index is 176. The number of rotatable bonds is 2. The molecular weight excluding hydrogens is 132 g/mol. The van der Waals surface area contributed by atoms with Crippen molar-refractivity contribution in [2.45, 2.75) is 41.5 Å². The maximum atomic E-state index is 2.25. The minimum absolute atomic E-state index is 0.230. The first-order valence-corrected chi connectivity index (χ1v) is 4.20. The molecule has 0 amide bonds. The lowest BCUT2D eigenvalue weighted by atomic mass is 9.82. The summed E-state index contributed by atoms with van der Waals surface area (Å²) >= 11 is 0. The highest BCUT2D eigenvalue weighted by molar-refractivity contribution is 5.21. The van der Waals surface area contributed by atoms with Gasteiger partial charge in [0.2, 0.25) is 0 Å². The van der Waals surface area contributed by atoms with Gasteiger partial charge in [-0.15, -0.1) is 0 Å². The van der Waals surface area contributed by atoms with Gasteiger partial charge in [0.15, 0.2) is 0 Å². The van der Waals surface area contributed by atoms with Crippen LogP contribution >= 0.6 is 0 Å². The predicted molar refractivity (Wildman–Crippen MR) is 52.6 cm³/mol. The van der Waals surface area contributed by atoms with Gasteiger partial charge >= 0.3 is 0 Å². The Balaban J connectivity index is 4.70. The molecule has 0 rings (SSSR count). The summed E-state index contributed by atoms with van der Waals surface area (Å²) in [4.78, 5) is 0. The second kappa shape index (κ2) is 3.75. The van der Waals surface area contributed by atoms with E-state index in [1.54, 1.807) is 0 Å². The van der Waals surface area contributed by atoms with Gasteiger partial charge in [-0.2, -0.15) is 0 Å². The molecule has 0 spiro atoms. The fraction of sp³-hybridized carbons (Fsp3) is 0.636. The number of hydrogen-bond acceptors (Lipinski definition) is 0. The molecule has 0 aromatic heterocycles. The van der Waals surface area contributed by atoms with Crippen molar-refractivity contribution in [1.82, 2.24) is 0 Å². The first-order chi connectivity index (χ1) is 4.91.